The van der Waals surface area contributed by atoms with Crippen LogP contribution in [-0.2, 0) is 0 Å². The largest absolute Gasteiger partial charge is 0.488 e. The van der Waals surface area contributed by atoms with Crippen molar-refractivity contribution >= 4 is 26.8 Å². The van der Waals surface area contributed by atoms with Gasteiger partial charge in [-0.3, -0.25) is 4.98 Å². The first-order valence-electron chi connectivity index (χ1n) is 5.45. The van der Waals surface area contributed by atoms with Crippen molar-refractivity contribution in [3.05, 3.63) is 34.4 Å². The molecule has 2 aromatic rings. The van der Waals surface area contributed by atoms with Gasteiger partial charge in [0.15, 0.2) is 0 Å². The van der Waals surface area contributed by atoms with Gasteiger partial charge >= 0.3 is 0 Å². The highest BCUT2D eigenvalue weighted by Crippen LogP contribution is 2.33. The molecule has 0 bridgehead atoms. The van der Waals surface area contributed by atoms with E-state index in [-0.39, 0.29) is 0 Å². The van der Waals surface area contributed by atoms with Crippen LogP contribution in [0.2, 0.25) is 0 Å². The Kier molecular flexibility index (Phi) is 2.36. The number of hydrogen-bond donors (Lipinski definition) is 0. The molecule has 1 saturated carbocycles. The highest BCUT2D eigenvalue weighted by atomic mass is 79.9. The molecule has 0 radical (unpaired) electrons. The first-order chi connectivity index (χ1) is 7.72. The van der Waals surface area contributed by atoms with Crippen molar-refractivity contribution in [2.24, 2.45) is 0 Å². The minimum atomic E-state index is 0.403. The Balaban J connectivity index is 2.16. The van der Waals surface area contributed by atoms with Crippen LogP contribution in [0.1, 0.15) is 18.4 Å². The number of ether oxygens (including phenoxy) is 1. The third-order valence-electron chi connectivity index (χ3n) is 2.67. The Morgan fingerprint density at radius 1 is 1.31 bits per heavy atom. The van der Waals surface area contributed by atoms with E-state index in [9.17, 15) is 0 Å². The van der Waals surface area contributed by atoms with Crippen LogP contribution < -0.4 is 4.74 Å². The van der Waals surface area contributed by atoms with Gasteiger partial charge < -0.3 is 4.74 Å². The fourth-order valence-corrected chi connectivity index (χ4v) is 2.20. The fourth-order valence-electron chi connectivity index (χ4n) is 1.75. The Hall–Kier alpha value is -1.09. The van der Waals surface area contributed by atoms with Crippen molar-refractivity contribution in [1.29, 1.82) is 0 Å². The lowest BCUT2D eigenvalue weighted by atomic mass is 10.1. The van der Waals surface area contributed by atoms with Crippen LogP contribution in [0.5, 0.6) is 5.75 Å². The van der Waals surface area contributed by atoms with E-state index in [0.29, 0.717) is 6.10 Å². The summed E-state index contributed by atoms with van der Waals surface area (Å²) in [5.74, 6) is 0.895. The second-order valence-corrected chi connectivity index (χ2v) is 5.22. The molecule has 0 spiro atoms. The van der Waals surface area contributed by atoms with E-state index >= 15 is 0 Å². The summed E-state index contributed by atoms with van der Waals surface area (Å²) >= 11 is 3.51. The molecule has 2 nitrogen and oxygen atoms in total. The minimum Gasteiger partial charge on any atom is -0.488 e. The van der Waals surface area contributed by atoms with E-state index in [1.165, 1.54) is 18.4 Å². The highest BCUT2D eigenvalue weighted by Gasteiger charge is 2.24. The van der Waals surface area contributed by atoms with E-state index < -0.39 is 0 Å². The third kappa shape index (κ3) is 1.92. The lowest BCUT2D eigenvalue weighted by Gasteiger charge is -2.08. The molecule has 0 aliphatic heterocycles. The van der Waals surface area contributed by atoms with Crippen LogP contribution in [0, 0.1) is 6.92 Å². The summed E-state index contributed by atoms with van der Waals surface area (Å²) in [6.07, 6.45) is 4.62. The van der Waals surface area contributed by atoms with Gasteiger partial charge in [-0.25, -0.2) is 0 Å². The Bertz CT molecular complexity index is 544. The molecule has 82 valence electrons. The minimum absolute atomic E-state index is 0.403. The molecule has 1 fully saturated rings. The lowest BCUT2D eigenvalue weighted by Crippen LogP contribution is -1.97. The molecule has 3 heteroatoms. The predicted octanol–water partition coefficient (Wildman–Crippen LogP) is 3.85. The summed E-state index contributed by atoms with van der Waals surface area (Å²) in [6, 6.07) is 6.21. The Labute approximate surface area is 103 Å². The molecule has 0 atom stereocenters. The van der Waals surface area contributed by atoms with Gasteiger partial charge in [0.05, 0.1) is 6.10 Å². The van der Waals surface area contributed by atoms with Crippen molar-refractivity contribution in [3.63, 3.8) is 0 Å². The zero-order valence-corrected chi connectivity index (χ0v) is 10.6. The van der Waals surface area contributed by atoms with Crippen LogP contribution in [-0.4, -0.2) is 11.1 Å². The van der Waals surface area contributed by atoms with Gasteiger partial charge in [0.2, 0.25) is 0 Å². The van der Waals surface area contributed by atoms with Gasteiger partial charge in [0.1, 0.15) is 11.3 Å². The van der Waals surface area contributed by atoms with Crippen molar-refractivity contribution in [2.45, 2.75) is 25.9 Å². The van der Waals surface area contributed by atoms with Gasteiger partial charge in [-0.05, 0) is 43.5 Å². The summed E-state index contributed by atoms with van der Waals surface area (Å²) in [7, 11) is 0. The van der Waals surface area contributed by atoms with Gasteiger partial charge in [-0.1, -0.05) is 15.9 Å². The number of hydrogen-bond acceptors (Lipinski definition) is 2. The molecule has 3 rings (SSSR count). The molecule has 0 unspecified atom stereocenters. The highest BCUT2D eigenvalue weighted by molar-refractivity contribution is 9.10. The van der Waals surface area contributed by atoms with E-state index in [1.54, 1.807) is 0 Å². The van der Waals surface area contributed by atoms with Crippen molar-refractivity contribution in [1.82, 2.24) is 4.98 Å². The SMILES string of the molecule is Cc1cnc2c(OC3CC3)cc(Br)cc2c1. The van der Waals surface area contributed by atoms with E-state index in [1.807, 2.05) is 12.3 Å². The van der Waals surface area contributed by atoms with Crippen LogP contribution in [0.25, 0.3) is 10.9 Å². The number of pyridine rings is 1. The Morgan fingerprint density at radius 2 is 2.12 bits per heavy atom. The molecular weight excluding hydrogens is 266 g/mol. The predicted molar refractivity (Wildman–Crippen MR) is 67.8 cm³/mol. The molecule has 0 saturated heterocycles. The number of aryl methyl sites for hydroxylation is 1. The number of aromatic nitrogens is 1. The zero-order valence-electron chi connectivity index (χ0n) is 9.03. The lowest BCUT2D eigenvalue weighted by molar-refractivity contribution is 0.306. The number of halogens is 1. The van der Waals surface area contributed by atoms with E-state index in [0.717, 1.165) is 21.1 Å². The standard InChI is InChI=1S/C13H12BrNO/c1-8-4-9-5-10(14)6-12(13(9)15-7-8)16-11-2-3-11/h4-7,11H,2-3H2,1H3. The molecule has 1 aromatic carbocycles. The smallest absolute Gasteiger partial charge is 0.147 e. The molecule has 1 aliphatic rings. The molecular formula is C13H12BrNO. The fraction of sp³-hybridized carbons (Fsp3) is 0.308. The zero-order chi connectivity index (χ0) is 11.1. The molecule has 1 aromatic heterocycles. The van der Waals surface area contributed by atoms with Crippen molar-refractivity contribution in [2.75, 3.05) is 0 Å². The van der Waals surface area contributed by atoms with Crippen LogP contribution in [0.3, 0.4) is 0 Å². The van der Waals surface area contributed by atoms with E-state index in [4.69, 9.17) is 4.74 Å². The maximum Gasteiger partial charge on any atom is 0.147 e. The average molecular weight is 278 g/mol. The third-order valence-corrected chi connectivity index (χ3v) is 3.13. The maximum absolute atomic E-state index is 5.87. The van der Waals surface area contributed by atoms with Gasteiger partial charge in [0.25, 0.3) is 0 Å². The van der Waals surface area contributed by atoms with Crippen molar-refractivity contribution < 1.29 is 4.74 Å². The summed E-state index contributed by atoms with van der Waals surface area (Å²) in [5, 5.41) is 1.13. The van der Waals surface area contributed by atoms with Crippen LogP contribution in [0.4, 0.5) is 0 Å². The summed E-state index contributed by atoms with van der Waals surface area (Å²) in [5.41, 5.74) is 2.13. The van der Waals surface area contributed by atoms with Gasteiger partial charge in [0, 0.05) is 16.1 Å². The van der Waals surface area contributed by atoms with Crippen LogP contribution in [0.15, 0.2) is 28.9 Å². The molecule has 0 amide bonds. The second-order valence-electron chi connectivity index (χ2n) is 4.31. The number of rotatable bonds is 2. The molecule has 16 heavy (non-hydrogen) atoms. The first-order valence-corrected chi connectivity index (χ1v) is 6.24. The second kappa shape index (κ2) is 3.74. The number of nitrogens with zero attached hydrogens (tertiary/aromatic N) is 1. The monoisotopic (exact) mass is 277 g/mol. The summed E-state index contributed by atoms with van der Waals surface area (Å²) < 4.78 is 6.91. The molecule has 1 aliphatic carbocycles. The number of benzene rings is 1. The Morgan fingerprint density at radius 3 is 2.88 bits per heavy atom. The maximum atomic E-state index is 5.87. The normalized spacial score (nSPS) is 15.4. The topological polar surface area (TPSA) is 22.1 Å². The quantitative estimate of drug-likeness (QED) is 0.832. The van der Waals surface area contributed by atoms with Gasteiger partial charge in [-0.15, -0.1) is 0 Å². The molecule has 1 heterocycles. The first kappa shape index (κ1) is 10.1. The van der Waals surface area contributed by atoms with Gasteiger partial charge in [-0.2, -0.15) is 0 Å². The molecule has 0 N–H and O–H groups in total. The van der Waals surface area contributed by atoms with Crippen LogP contribution >= 0.6 is 15.9 Å². The van der Waals surface area contributed by atoms with E-state index in [2.05, 4.69) is 40.0 Å². The summed E-state index contributed by atoms with van der Waals surface area (Å²) in [6.45, 7) is 2.05. The van der Waals surface area contributed by atoms with Crippen molar-refractivity contribution in [3.8, 4) is 5.75 Å². The summed E-state index contributed by atoms with van der Waals surface area (Å²) in [4.78, 5) is 4.46. The average Bonchev–Trinajstić information content (AvgIpc) is 3.00. The number of fused-ring (bicyclic) bond motifs is 1.